The molecule has 4 aromatic rings. The second kappa shape index (κ2) is 9.95. The van der Waals surface area contributed by atoms with Crippen LogP contribution >= 0.6 is 0 Å². The van der Waals surface area contributed by atoms with Gasteiger partial charge in [-0.1, -0.05) is 30.3 Å². The van der Waals surface area contributed by atoms with E-state index in [9.17, 15) is 14.4 Å². The van der Waals surface area contributed by atoms with Crippen LogP contribution in [0.4, 0.5) is 5.69 Å². The maximum atomic E-state index is 13.3. The molecule has 2 heterocycles. The molecule has 36 heavy (non-hydrogen) atoms. The number of hydrogen-bond acceptors (Lipinski definition) is 6. The lowest BCUT2D eigenvalue weighted by atomic mass is 10.0. The van der Waals surface area contributed by atoms with E-state index in [1.54, 1.807) is 71.3 Å². The van der Waals surface area contributed by atoms with Crippen molar-refractivity contribution < 1.29 is 23.8 Å². The van der Waals surface area contributed by atoms with E-state index in [1.165, 1.54) is 6.20 Å². The van der Waals surface area contributed by atoms with Crippen LogP contribution < -0.4 is 25.0 Å². The van der Waals surface area contributed by atoms with Crippen LogP contribution in [-0.2, 0) is 11.3 Å². The summed E-state index contributed by atoms with van der Waals surface area (Å²) in [5.41, 5.74) is 1.03. The predicted octanol–water partition coefficient (Wildman–Crippen LogP) is 4.04. The van der Waals surface area contributed by atoms with Gasteiger partial charge in [0.1, 0.15) is 25.5 Å². The molecular weight excluding hydrogens is 460 g/mol. The minimum Gasteiger partial charge on any atom is -0.494 e. The first-order valence-corrected chi connectivity index (χ1v) is 11.6. The summed E-state index contributed by atoms with van der Waals surface area (Å²) in [5.74, 6) is 0.958. The highest BCUT2D eigenvalue weighted by Crippen LogP contribution is 2.32. The molecule has 5 rings (SSSR count). The number of amides is 1. The van der Waals surface area contributed by atoms with Gasteiger partial charge < -0.3 is 24.1 Å². The number of pyridine rings is 1. The summed E-state index contributed by atoms with van der Waals surface area (Å²) in [6, 6.07) is 18.8. The Morgan fingerprint density at radius 3 is 2.53 bits per heavy atom. The molecule has 0 atom stereocenters. The first kappa shape index (κ1) is 23.2. The zero-order valence-corrected chi connectivity index (χ0v) is 19.7. The van der Waals surface area contributed by atoms with Crippen LogP contribution in [0.3, 0.4) is 0 Å². The van der Waals surface area contributed by atoms with Crippen molar-refractivity contribution in [3.63, 3.8) is 0 Å². The van der Waals surface area contributed by atoms with Crippen LogP contribution in [0.25, 0.3) is 10.9 Å². The van der Waals surface area contributed by atoms with Crippen molar-refractivity contribution in [3.05, 3.63) is 94.3 Å². The normalized spacial score (nSPS) is 12.2. The summed E-state index contributed by atoms with van der Waals surface area (Å²) >= 11 is 0. The van der Waals surface area contributed by atoms with Gasteiger partial charge in [0, 0.05) is 23.5 Å². The monoisotopic (exact) mass is 484 g/mol. The Bertz CT molecular complexity index is 1510. The summed E-state index contributed by atoms with van der Waals surface area (Å²) in [7, 11) is 0. The van der Waals surface area contributed by atoms with Crippen LogP contribution in [0.2, 0.25) is 0 Å². The molecule has 0 saturated carbocycles. The van der Waals surface area contributed by atoms with Crippen molar-refractivity contribution in [3.8, 4) is 17.2 Å². The molecule has 0 fully saturated rings. The van der Waals surface area contributed by atoms with E-state index >= 15 is 0 Å². The molecule has 0 aliphatic carbocycles. The second-order valence-corrected chi connectivity index (χ2v) is 8.21. The fourth-order valence-electron chi connectivity index (χ4n) is 4.15. The molecule has 8 nitrogen and oxygen atoms in total. The maximum Gasteiger partial charge on any atom is 0.244 e. The number of anilines is 1. The smallest absolute Gasteiger partial charge is 0.244 e. The van der Waals surface area contributed by atoms with Crippen molar-refractivity contribution in [1.29, 1.82) is 0 Å². The van der Waals surface area contributed by atoms with Gasteiger partial charge in [-0.05, 0) is 37.3 Å². The Morgan fingerprint density at radius 1 is 0.972 bits per heavy atom. The van der Waals surface area contributed by atoms with Gasteiger partial charge in [0.25, 0.3) is 0 Å². The SMILES string of the molecule is CCOc1ccc2c(c1)c(=O)c(C(=O)c1ccccc1)cn2CC(=O)Nc1ccc2c(c1)OCCO2. The van der Waals surface area contributed by atoms with E-state index in [0.29, 0.717) is 59.2 Å². The molecule has 1 aromatic heterocycles. The zero-order valence-electron chi connectivity index (χ0n) is 19.7. The van der Waals surface area contributed by atoms with Gasteiger partial charge in [0.05, 0.1) is 23.1 Å². The third kappa shape index (κ3) is 4.65. The van der Waals surface area contributed by atoms with Gasteiger partial charge in [0.15, 0.2) is 17.3 Å². The van der Waals surface area contributed by atoms with Gasteiger partial charge in [-0.25, -0.2) is 0 Å². The van der Waals surface area contributed by atoms with Crippen LogP contribution in [0.15, 0.2) is 77.7 Å². The highest BCUT2D eigenvalue weighted by molar-refractivity contribution is 6.10. The lowest BCUT2D eigenvalue weighted by molar-refractivity contribution is -0.116. The molecule has 1 aliphatic rings. The Labute approximate surface area is 207 Å². The highest BCUT2D eigenvalue weighted by Gasteiger charge is 2.19. The number of aromatic nitrogens is 1. The number of nitrogens with zero attached hydrogens (tertiary/aromatic N) is 1. The number of carbonyl (C=O) groups excluding carboxylic acids is 2. The van der Waals surface area contributed by atoms with Gasteiger partial charge in [-0.2, -0.15) is 0 Å². The lowest BCUT2D eigenvalue weighted by Gasteiger charge is -2.19. The van der Waals surface area contributed by atoms with E-state index in [1.807, 2.05) is 6.92 Å². The number of fused-ring (bicyclic) bond motifs is 2. The summed E-state index contributed by atoms with van der Waals surface area (Å²) in [6.07, 6.45) is 1.45. The topological polar surface area (TPSA) is 95.9 Å². The van der Waals surface area contributed by atoms with Gasteiger partial charge in [-0.3, -0.25) is 14.4 Å². The Hall–Kier alpha value is -4.59. The number of carbonyl (C=O) groups is 2. The van der Waals surface area contributed by atoms with Crippen molar-refractivity contribution in [2.24, 2.45) is 0 Å². The zero-order chi connectivity index (χ0) is 25.1. The molecule has 0 bridgehead atoms. The molecule has 0 saturated heterocycles. The summed E-state index contributed by atoms with van der Waals surface area (Å²) in [6.45, 7) is 3.08. The first-order chi connectivity index (χ1) is 17.5. The van der Waals surface area contributed by atoms with Crippen molar-refractivity contribution in [2.75, 3.05) is 25.1 Å². The molecule has 1 aliphatic heterocycles. The maximum absolute atomic E-state index is 13.3. The molecule has 8 heteroatoms. The number of ketones is 1. The third-order valence-corrected chi connectivity index (χ3v) is 5.78. The fourth-order valence-corrected chi connectivity index (χ4v) is 4.15. The summed E-state index contributed by atoms with van der Waals surface area (Å²) < 4.78 is 18.3. The van der Waals surface area contributed by atoms with E-state index in [4.69, 9.17) is 14.2 Å². The molecule has 182 valence electrons. The van der Waals surface area contributed by atoms with Gasteiger partial charge >= 0.3 is 0 Å². The van der Waals surface area contributed by atoms with E-state index < -0.39 is 11.2 Å². The van der Waals surface area contributed by atoms with Crippen molar-refractivity contribution in [2.45, 2.75) is 13.5 Å². The van der Waals surface area contributed by atoms with Crippen molar-refractivity contribution >= 4 is 28.3 Å². The standard InChI is InChI=1S/C28H24N2O6/c1-2-34-20-9-10-23-21(15-20)28(33)22(27(32)18-6-4-3-5-7-18)16-30(23)17-26(31)29-19-8-11-24-25(14-19)36-13-12-35-24/h3-11,14-16H,2,12-13,17H2,1H3,(H,29,31). The largest absolute Gasteiger partial charge is 0.494 e. The molecule has 0 unspecified atom stereocenters. The molecule has 0 spiro atoms. The Kier molecular flexibility index (Phi) is 6.40. The minimum atomic E-state index is -0.413. The van der Waals surface area contributed by atoms with Crippen LogP contribution in [0.1, 0.15) is 22.8 Å². The number of benzene rings is 3. The van der Waals surface area contributed by atoms with E-state index in [2.05, 4.69) is 5.32 Å². The average Bonchev–Trinajstić information content (AvgIpc) is 2.90. The molecule has 3 aromatic carbocycles. The average molecular weight is 485 g/mol. The Morgan fingerprint density at radius 2 is 1.75 bits per heavy atom. The number of ether oxygens (including phenoxy) is 3. The van der Waals surface area contributed by atoms with E-state index in [0.717, 1.165) is 0 Å². The predicted molar refractivity (Wildman–Crippen MR) is 135 cm³/mol. The van der Waals surface area contributed by atoms with E-state index in [-0.39, 0.29) is 18.0 Å². The lowest BCUT2D eigenvalue weighted by Crippen LogP contribution is -2.24. The number of rotatable bonds is 7. The first-order valence-electron chi connectivity index (χ1n) is 11.6. The second-order valence-electron chi connectivity index (χ2n) is 8.21. The molecular formula is C28H24N2O6. The van der Waals surface area contributed by atoms with Crippen LogP contribution in [-0.4, -0.2) is 36.1 Å². The van der Waals surface area contributed by atoms with Crippen LogP contribution in [0.5, 0.6) is 17.2 Å². The van der Waals surface area contributed by atoms with Crippen molar-refractivity contribution in [1.82, 2.24) is 4.57 Å². The fraction of sp³-hybridized carbons (Fsp3) is 0.179. The highest BCUT2D eigenvalue weighted by atomic mass is 16.6. The third-order valence-electron chi connectivity index (χ3n) is 5.78. The van der Waals surface area contributed by atoms with Crippen LogP contribution in [0, 0.1) is 0 Å². The molecule has 0 radical (unpaired) electrons. The number of hydrogen-bond donors (Lipinski definition) is 1. The minimum absolute atomic E-state index is 0.0190. The van der Waals surface area contributed by atoms with Gasteiger partial charge in [0.2, 0.25) is 11.3 Å². The van der Waals surface area contributed by atoms with Gasteiger partial charge in [-0.15, -0.1) is 0 Å². The quantitative estimate of drug-likeness (QED) is 0.398. The molecule has 1 N–H and O–H groups in total. The Balaban J connectivity index is 1.51. The number of nitrogens with one attached hydrogen (secondary N) is 1. The summed E-state index contributed by atoms with van der Waals surface area (Å²) in [5, 5.41) is 3.15. The summed E-state index contributed by atoms with van der Waals surface area (Å²) in [4.78, 5) is 39.6. The molecule has 1 amide bonds.